The number of rotatable bonds is 7. The van der Waals surface area contributed by atoms with E-state index < -0.39 is 5.82 Å². The van der Waals surface area contributed by atoms with Gasteiger partial charge in [0.2, 0.25) is 5.95 Å². The van der Waals surface area contributed by atoms with Crippen LogP contribution in [0.5, 0.6) is 0 Å². The second-order valence-electron chi connectivity index (χ2n) is 6.60. The molecule has 0 spiro atoms. The predicted molar refractivity (Wildman–Crippen MR) is 109 cm³/mol. The maximum absolute atomic E-state index is 14.2. The van der Waals surface area contributed by atoms with E-state index in [1.165, 1.54) is 12.1 Å². The quantitative estimate of drug-likeness (QED) is 0.540. The zero-order valence-corrected chi connectivity index (χ0v) is 16.3. The van der Waals surface area contributed by atoms with Crippen molar-refractivity contribution in [3.8, 4) is 11.3 Å². The Bertz CT molecular complexity index is 919. The van der Waals surface area contributed by atoms with Crippen LogP contribution >= 0.6 is 11.6 Å². The van der Waals surface area contributed by atoms with Gasteiger partial charge in [0.25, 0.3) is 0 Å². The molecule has 0 radical (unpaired) electrons. The van der Waals surface area contributed by atoms with E-state index in [4.69, 9.17) is 11.6 Å². The van der Waals surface area contributed by atoms with Gasteiger partial charge in [-0.15, -0.1) is 0 Å². The minimum atomic E-state index is -0.485. The molecule has 0 bridgehead atoms. The van der Waals surface area contributed by atoms with Gasteiger partial charge in [-0.2, -0.15) is 4.98 Å². The van der Waals surface area contributed by atoms with Gasteiger partial charge in [-0.3, -0.25) is 4.98 Å². The molecule has 0 aliphatic rings. The van der Waals surface area contributed by atoms with Crippen molar-refractivity contribution in [3.63, 3.8) is 0 Å². The Labute approximate surface area is 167 Å². The first-order chi connectivity index (χ1) is 13.5. The van der Waals surface area contributed by atoms with Crippen LogP contribution in [0, 0.1) is 11.7 Å². The van der Waals surface area contributed by atoms with Crippen molar-refractivity contribution in [1.82, 2.24) is 15.0 Å². The Morgan fingerprint density at radius 3 is 2.54 bits per heavy atom. The third-order valence-electron chi connectivity index (χ3n) is 4.23. The van der Waals surface area contributed by atoms with Crippen molar-refractivity contribution in [1.29, 1.82) is 0 Å². The fourth-order valence-corrected chi connectivity index (χ4v) is 2.79. The first-order valence-corrected chi connectivity index (χ1v) is 9.23. The Hall–Kier alpha value is -2.77. The van der Waals surface area contributed by atoms with Crippen LogP contribution in [0.4, 0.5) is 21.8 Å². The molecular formula is C20H21ClFN5O. The maximum atomic E-state index is 14.2. The summed E-state index contributed by atoms with van der Waals surface area (Å²) in [4.78, 5) is 13.0. The lowest BCUT2D eigenvalue weighted by Gasteiger charge is -2.21. The number of nitrogens with one attached hydrogen (secondary N) is 2. The zero-order chi connectivity index (χ0) is 20.1. The molecule has 3 rings (SSSR count). The number of aromatic nitrogens is 3. The van der Waals surface area contributed by atoms with Gasteiger partial charge < -0.3 is 15.7 Å². The van der Waals surface area contributed by atoms with Crippen molar-refractivity contribution in [2.24, 2.45) is 5.92 Å². The van der Waals surface area contributed by atoms with E-state index >= 15 is 0 Å². The lowest BCUT2D eigenvalue weighted by atomic mass is 10.1. The largest absolute Gasteiger partial charge is 0.394 e. The standard InChI is InChI=1S/C20H21ClFN5O/c1-12(2)17(11-28)25-20-24-16(13-6-8-23-9-7-13)10-18(27-20)26-19-14(21)4-3-5-15(19)22/h3-10,12,17,28H,11H2,1-2H3,(H2,24,25,26,27)/t17-/m1/s1. The van der Waals surface area contributed by atoms with Crippen molar-refractivity contribution in [2.75, 3.05) is 17.2 Å². The SMILES string of the molecule is CC(C)[C@@H](CO)Nc1nc(Nc2c(F)cccc2Cl)cc(-c2ccncc2)n1. The molecule has 0 aliphatic heterocycles. The van der Waals surface area contributed by atoms with Crippen molar-refractivity contribution >= 4 is 29.1 Å². The first-order valence-electron chi connectivity index (χ1n) is 8.86. The molecule has 8 heteroatoms. The van der Waals surface area contributed by atoms with E-state index in [1.54, 1.807) is 24.5 Å². The molecule has 3 N–H and O–H groups in total. The third kappa shape index (κ3) is 4.74. The number of para-hydroxylation sites is 1. The van der Waals surface area contributed by atoms with Crippen LogP contribution in [0.2, 0.25) is 5.02 Å². The van der Waals surface area contributed by atoms with Gasteiger partial charge in [-0.1, -0.05) is 31.5 Å². The van der Waals surface area contributed by atoms with Crippen molar-refractivity contribution < 1.29 is 9.50 Å². The van der Waals surface area contributed by atoms with E-state index in [-0.39, 0.29) is 29.3 Å². The Morgan fingerprint density at radius 1 is 1.14 bits per heavy atom. The van der Waals surface area contributed by atoms with Gasteiger partial charge in [0, 0.05) is 24.0 Å². The number of aliphatic hydroxyl groups is 1. The van der Waals surface area contributed by atoms with E-state index in [2.05, 4.69) is 25.6 Å². The van der Waals surface area contributed by atoms with Crippen LogP contribution in [0.3, 0.4) is 0 Å². The van der Waals surface area contributed by atoms with Gasteiger partial charge in [-0.25, -0.2) is 9.37 Å². The summed E-state index contributed by atoms with van der Waals surface area (Å²) in [7, 11) is 0. The zero-order valence-electron chi connectivity index (χ0n) is 15.5. The monoisotopic (exact) mass is 401 g/mol. The number of hydrogen-bond donors (Lipinski definition) is 3. The second kappa shape index (κ2) is 8.95. The van der Waals surface area contributed by atoms with Gasteiger partial charge in [0.15, 0.2) is 0 Å². The summed E-state index contributed by atoms with van der Waals surface area (Å²) in [6, 6.07) is 9.56. The summed E-state index contributed by atoms with van der Waals surface area (Å²) in [5.41, 5.74) is 1.58. The van der Waals surface area contributed by atoms with Crippen LogP contribution < -0.4 is 10.6 Å². The number of pyridine rings is 1. The van der Waals surface area contributed by atoms with Crippen LogP contribution in [0.25, 0.3) is 11.3 Å². The van der Waals surface area contributed by atoms with Gasteiger partial charge >= 0.3 is 0 Å². The minimum Gasteiger partial charge on any atom is -0.394 e. The second-order valence-corrected chi connectivity index (χ2v) is 7.00. The number of halogens is 2. The smallest absolute Gasteiger partial charge is 0.225 e. The lowest BCUT2D eigenvalue weighted by molar-refractivity contribution is 0.248. The van der Waals surface area contributed by atoms with Crippen LogP contribution in [0.1, 0.15) is 13.8 Å². The minimum absolute atomic E-state index is 0.0670. The Kier molecular flexibility index (Phi) is 6.38. The molecule has 0 saturated heterocycles. The highest BCUT2D eigenvalue weighted by atomic mass is 35.5. The molecule has 3 aromatic rings. The molecule has 0 amide bonds. The molecule has 0 fully saturated rings. The van der Waals surface area contributed by atoms with E-state index in [0.717, 1.165) is 5.56 Å². The van der Waals surface area contributed by atoms with Crippen molar-refractivity contribution in [3.05, 3.63) is 59.6 Å². The fourth-order valence-electron chi connectivity index (χ4n) is 2.58. The molecule has 28 heavy (non-hydrogen) atoms. The average molecular weight is 402 g/mol. The van der Waals surface area contributed by atoms with Gasteiger partial charge in [0.1, 0.15) is 11.6 Å². The maximum Gasteiger partial charge on any atom is 0.225 e. The number of aliphatic hydroxyl groups excluding tert-OH is 1. The highest BCUT2D eigenvalue weighted by Gasteiger charge is 2.16. The Morgan fingerprint density at radius 2 is 1.89 bits per heavy atom. The molecule has 0 unspecified atom stereocenters. The van der Waals surface area contributed by atoms with Crippen LogP contribution in [-0.2, 0) is 0 Å². The highest BCUT2D eigenvalue weighted by Crippen LogP contribution is 2.29. The van der Waals surface area contributed by atoms with E-state index in [1.807, 2.05) is 26.0 Å². The summed E-state index contributed by atoms with van der Waals surface area (Å²) < 4.78 is 14.2. The highest BCUT2D eigenvalue weighted by molar-refractivity contribution is 6.33. The summed E-state index contributed by atoms with van der Waals surface area (Å²) in [5, 5.41) is 15.9. The normalized spacial score (nSPS) is 12.1. The summed E-state index contributed by atoms with van der Waals surface area (Å²) in [6.07, 6.45) is 3.33. The molecule has 6 nitrogen and oxygen atoms in total. The summed E-state index contributed by atoms with van der Waals surface area (Å²) >= 11 is 6.12. The summed E-state index contributed by atoms with van der Waals surface area (Å²) in [5.74, 6) is 0.367. The third-order valence-corrected chi connectivity index (χ3v) is 4.55. The molecule has 1 atom stereocenters. The number of nitrogens with zero attached hydrogens (tertiary/aromatic N) is 3. The van der Waals surface area contributed by atoms with E-state index in [0.29, 0.717) is 17.5 Å². The number of hydrogen-bond acceptors (Lipinski definition) is 6. The fraction of sp³-hybridized carbons (Fsp3) is 0.250. The number of anilines is 3. The molecule has 2 aromatic heterocycles. The molecule has 2 heterocycles. The predicted octanol–water partition coefficient (Wildman–Crippen LogP) is 4.50. The number of benzene rings is 1. The van der Waals surface area contributed by atoms with Crippen LogP contribution in [0.15, 0.2) is 48.8 Å². The van der Waals surface area contributed by atoms with Gasteiger partial charge in [0.05, 0.1) is 29.1 Å². The molecule has 1 aromatic carbocycles. The Balaban J connectivity index is 2.02. The van der Waals surface area contributed by atoms with E-state index in [9.17, 15) is 9.50 Å². The first kappa shape index (κ1) is 20.0. The molecule has 146 valence electrons. The summed E-state index contributed by atoms with van der Waals surface area (Å²) in [6.45, 7) is 3.90. The van der Waals surface area contributed by atoms with Crippen LogP contribution in [-0.4, -0.2) is 32.7 Å². The lowest BCUT2D eigenvalue weighted by Crippen LogP contribution is -2.30. The molecular weight excluding hydrogens is 381 g/mol. The average Bonchev–Trinajstić information content (AvgIpc) is 2.69. The van der Waals surface area contributed by atoms with Crippen molar-refractivity contribution in [2.45, 2.75) is 19.9 Å². The van der Waals surface area contributed by atoms with Gasteiger partial charge in [-0.05, 0) is 30.2 Å². The topological polar surface area (TPSA) is 83.0 Å². The molecule has 0 saturated carbocycles. The molecule has 0 aliphatic carbocycles.